The Morgan fingerprint density at radius 3 is 1.91 bits per heavy atom. The van der Waals surface area contributed by atoms with E-state index < -0.39 is 295 Å². The molecule has 1 atom stereocenters. The fourth-order valence-electron chi connectivity index (χ4n) is 6.20. The second-order valence-corrected chi connectivity index (χ2v) is 11.6. The number of nitrogens with zero attached hydrogens (tertiary/aromatic N) is 2. The van der Waals surface area contributed by atoms with Crippen LogP contribution in [-0.4, -0.2) is 4.57 Å². The van der Waals surface area contributed by atoms with Crippen LogP contribution in [0.15, 0.2) is 193 Å². The first-order valence-corrected chi connectivity index (χ1v) is 15.6. The largest absolute Gasteiger partial charge is 0.310 e. The highest BCUT2D eigenvalue weighted by Gasteiger charge is 2.35. The van der Waals surface area contributed by atoms with Gasteiger partial charge in [0.05, 0.1) is 60.6 Å². The van der Waals surface area contributed by atoms with Gasteiger partial charge in [0.1, 0.15) is 0 Å². The molecule has 0 bridgehead atoms. The van der Waals surface area contributed by atoms with Crippen molar-refractivity contribution < 1.29 is 48.0 Å². The van der Waals surface area contributed by atoms with Gasteiger partial charge in [-0.2, -0.15) is 0 Å². The molecule has 2 heteroatoms. The van der Waals surface area contributed by atoms with Gasteiger partial charge in [-0.15, -0.1) is 0 Å². The molecule has 8 aromatic carbocycles. The molecule has 0 spiro atoms. The SMILES string of the molecule is [2H]c1c([2H])c([2H])c(-c2c([2H])c([2H])c([2H])c([2H])c2N(c2c([2H])c([2H])c(-c3c([2H])c([2H])c4c(c3[2H])c3c([2H])c([2H])c([2H])c([2H])c3n4-c3c([2H])c([2H])c([2H])c([2H])c3[2H])c([2H])c2[2H])c2c([2H])c([2H])c3c(c2[2H])C(C)(C([2H])([2H])[2H])c2c([2H])c([2H])c([2H])c([2H])c2-3)c([2H])c1[2H]. The lowest BCUT2D eigenvalue weighted by Gasteiger charge is -2.30. The van der Waals surface area contributed by atoms with Gasteiger partial charge in [0.25, 0.3) is 0 Å². The Kier molecular flexibility index (Phi) is 2.70. The van der Waals surface area contributed by atoms with Crippen LogP contribution in [0.25, 0.3) is 60.9 Å². The number of rotatable bonds is 6. The fourth-order valence-corrected chi connectivity index (χ4v) is 6.20. The van der Waals surface area contributed by atoms with Gasteiger partial charge in [0.2, 0.25) is 0 Å². The Labute approximate surface area is 360 Å². The predicted molar refractivity (Wildman–Crippen MR) is 224 cm³/mol. The average molecular weight is 714 g/mol. The van der Waals surface area contributed by atoms with Crippen LogP contribution in [0.1, 0.15) is 72.9 Å². The first-order chi connectivity index (χ1) is 40.6. The van der Waals surface area contributed by atoms with Crippen molar-refractivity contribution in [1.82, 2.24) is 4.57 Å². The van der Waals surface area contributed by atoms with Crippen molar-refractivity contribution in [2.45, 2.75) is 19.2 Å². The van der Waals surface area contributed by atoms with E-state index in [2.05, 4.69) is 0 Å². The van der Waals surface area contributed by atoms with Gasteiger partial charge in [0.15, 0.2) is 0 Å². The van der Waals surface area contributed by atoms with Crippen LogP contribution in [0.5, 0.6) is 0 Å². The Morgan fingerprint density at radius 2 is 1.09 bits per heavy atom. The maximum absolute atomic E-state index is 10.1. The molecular formula is C51H38N2. The van der Waals surface area contributed by atoms with Gasteiger partial charge in [-0.25, -0.2) is 0 Å². The Morgan fingerprint density at radius 1 is 0.472 bits per heavy atom. The number of aromatic nitrogens is 1. The minimum Gasteiger partial charge on any atom is -0.310 e. The van der Waals surface area contributed by atoms with Crippen molar-refractivity contribution in [3.8, 4) is 39.1 Å². The quantitative estimate of drug-likeness (QED) is 0.167. The molecule has 1 aliphatic rings. The summed E-state index contributed by atoms with van der Waals surface area (Å²) in [4.78, 5) is 0.270. The molecule has 0 aliphatic heterocycles. The lowest BCUT2D eigenvalue weighted by molar-refractivity contribution is 0.660. The zero-order valence-corrected chi connectivity index (χ0v) is 26.9. The zero-order valence-electron chi connectivity index (χ0n) is 61.9. The van der Waals surface area contributed by atoms with E-state index in [4.69, 9.17) is 31.5 Å². The number of anilines is 3. The van der Waals surface area contributed by atoms with Crippen LogP contribution >= 0.6 is 0 Å². The third kappa shape index (κ3) is 5.02. The summed E-state index contributed by atoms with van der Waals surface area (Å²) in [6, 6.07) is -35.4. The summed E-state index contributed by atoms with van der Waals surface area (Å²) < 4.78 is 318. The monoisotopic (exact) mass is 714 g/mol. The third-order valence-electron chi connectivity index (χ3n) is 8.56. The third-order valence-corrected chi connectivity index (χ3v) is 8.56. The van der Waals surface area contributed by atoms with E-state index in [9.17, 15) is 16.4 Å². The van der Waals surface area contributed by atoms with E-state index in [1.54, 1.807) is 0 Å². The Hall–Kier alpha value is -6.64. The summed E-state index contributed by atoms with van der Waals surface area (Å²) >= 11 is 0. The van der Waals surface area contributed by atoms with Gasteiger partial charge in [-0.3, -0.25) is 0 Å². The highest BCUT2D eigenvalue weighted by molar-refractivity contribution is 6.10. The second-order valence-electron chi connectivity index (χ2n) is 11.6. The number of benzene rings is 8. The minimum atomic E-state index is -3.48. The van der Waals surface area contributed by atoms with Crippen LogP contribution < -0.4 is 4.90 Å². The molecule has 2 nitrogen and oxygen atoms in total. The topological polar surface area (TPSA) is 8.17 Å². The summed E-state index contributed by atoms with van der Waals surface area (Å²) in [7, 11) is 0. The van der Waals surface area contributed by atoms with Crippen LogP contribution in [0, 0.1) is 0 Å². The Bertz CT molecular complexity index is 4680. The van der Waals surface area contributed by atoms with Crippen molar-refractivity contribution >= 4 is 38.9 Å². The molecule has 9 aromatic rings. The van der Waals surface area contributed by atoms with Gasteiger partial charge in [0, 0.05) is 42.9 Å². The fraction of sp³-hybridized carbons (Fsp3) is 0.0588. The maximum Gasteiger partial charge on any atom is 0.0648 e. The van der Waals surface area contributed by atoms with E-state index in [0.717, 1.165) is 6.92 Å². The summed E-state index contributed by atoms with van der Waals surface area (Å²) in [6.07, 6.45) is 0. The van der Waals surface area contributed by atoms with Crippen molar-refractivity contribution in [1.29, 1.82) is 0 Å². The molecule has 1 heterocycles. The lowest BCUT2D eigenvalue weighted by Crippen LogP contribution is -2.16. The normalized spacial score (nSPS) is 24.2. The number of fused-ring (bicyclic) bond motifs is 6. The molecule has 53 heavy (non-hydrogen) atoms. The van der Waals surface area contributed by atoms with Crippen molar-refractivity contribution in [3.05, 3.63) is 204 Å². The number of hydrogen-bond acceptors (Lipinski definition) is 1. The molecule has 10 rings (SSSR count). The molecule has 0 radical (unpaired) electrons. The first-order valence-electron chi connectivity index (χ1n) is 33.1. The summed E-state index contributed by atoms with van der Waals surface area (Å²) in [5.74, 6) is 0. The van der Waals surface area contributed by atoms with Gasteiger partial charge in [-0.05, 0) is 99.4 Å². The molecule has 0 saturated heterocycles. The zero-order chi connectivity index (χ0) is 65.9. The van der Waals surface area contributed by atoms with Gasteiger partial charge in [-0.1, -0.05) is 147 Å². The molecule has 1 unspecified atom stereocenters. The van der Waals surface area contributed by atoms with E-state index in [1.807, 2.05) is 0 Å². The number of para-hydroxylation sites is 3. The van der Waals surface area contributed by atoms with E-state index >= 15 is 0 Å². The first kappa shape index (κ1) is 11.7. The summed E-state index contributed by atoms with van der Waals surface area (Å²) in [6.45, 7) is -2.55. The van der Waals surface area contributed by atoms with Crippen LogP contribution in [0.2, 0.25) is 0 Å². The maximum atomic E-state index is 10.1. The molecular weight excluding hydrogens is 641 g/mol. The lowest BCUT2D eigenvalue weighted by atomic mass is 9.82. The van der Waals surface area contributed by atoms with Crippen LogP contribution in [0.4, 0.5) is 17.1 Å². The predicted octanol–water partition coefficient (Wildman–Crippen LogP) is 13.9. The second kappa shape index (κ2) is 12.3. The highest BCUT2D eigenvalue weighted by atomic mass is 15.1. The molecule has 252 valence electrons. The van der Waals surface area contributed by atoms with E-state index in [0.29, 0.717) is 4.57 Å². The van der Waals surface area contributed by atoms with E-state index in [-0.39, 0.29) is 4.90 Å². The molecule has 0 saturated carbocycles. The van der Waals surface area contributed by atoms with Gasteiger partial charge >= 0.3 is 0 Å². The number of hydrogen-bond donors (Lipinski definition) is 0. The molecule has 0 amide bonds. The van der Waals surface area contributed by atoms with E-state index in [1.165, 1.54) is 0 Å². The Balaban J connectivity index is 1.43. The average Bonchev–Trinajstić information content (AvgIpc) is 1.48. The van der Waals surface area contributed by atoms with Crippen LogP contribution in [-0.2, 0) is 5.41 Å². The smallest absolute Gasteiger partial charge is 0.0648 e. The van der Waals surface area contributed by atoms with Crippen molar-refractivity contribution in [2.24, 2.45) is 0 Å². The van der Waals surface area contributed by atoms with Crippen LogP contribution in [0.3, 0.4) is 0 Å². The molecule has 1 aliphatic carbocycles. The standard InChI is InChI=1S/C51H38N2/c1-51(2)46-22-12-9-20-42(46)43-31-30-40(34-47(43)51)52(48-23-13-10-19-41(48)36-15-5-3-6-16-36)39-28-25-35(26-29-39)37-27-32-50-45(33-37)44-21-11-14-24-49(44)53(50)38-17-7-4-8-18-38/h3-34H,1-2H3/i1D3,3D,4D,5D,6D,7D,8D,9D,10D,11D,12D,13D,14D,15D,16D,17D,18D,19D,20D,21D,22D,23D,24D,25D,26D,27D,28D,29D,30D,31D,32D,33D,34D. The molecule has 1 aromatic heterocycles. The van der Waals surface area contributed by atoms with Crippen molar-refractivity contribution in [2.75, 3.05) is 4.90 Å². The molecule has 0 N–H and O–H groups in total. The minimum absolute atomic E-state index is 0.270. The van der Waals surface area contributed by atoms with Crippen molar-refractivity contribution in [3.63, 3.8) is 0 Å². The van der Waals surface area contributed by atoms with Gasteiger partial charge < -0.3 is 9.47 Å². The molecule has 0 fully saturated rings. The summed E-state index contributed by atoms with van der Waals surface area (Å²) in [5, 5.41) is -1.37. The summed E-state index contributed by atoms with van der Waals surface area (Å²) in [5.41, 5.74) is -15.9. The highest BCUT2D eigenvalue weighted by Crippen LogP contribution is 2.51.